The molecule has 166 valence electrons. The molecule has 1 aromatic rings. The Kier molecular flexibility index (Phi) is 6.65. The second kappa shape index (κ2) is 9.22. The minimum atomic E-state index is -1.38. The first kappa shape index (κ1) is 22.4. The van der Waals surface area contributed by atoms with Crippen LogP contribution >= 0.6 is 11.8 Å². The van der Waals surface area contributed by atoms with Crippen LogP contribution < -0.4 is 5.32 Å². The molecule has 0 radical (unpaired) electrons. The van der Waals surface area contributed by atoms with Gasteiger partial charge in [0, 0.05) is 25.4 Å². The van der Waals surface area contributed by atoms with Gasteiger partial charge in [-0.05, 0) is 12.1 Å². The largest absolute Gasteiger partial charge is 0.477 e. The van der Waals surface area contributed by atoms with Gasteiger partial charge in [-0.25, -0.2) is 4.79 Å². The number of hydrogen-bond acceptors (Lipinski definition) is 10. The molecule has 2 aliphatic heterocycles. The summed E-state index contributed by atoms with van der Waals surface area (Å²) in [6.07, 6.45) is 0.0971. The Bertz CT molecular complexity index is 956. The van der Waals surface area contributed by atoms with Crippen LogP contribution in [0.5, 0.6) is 0 Å². The zero-order valence-corrected chi connectivity index (χ0v) is 17.5. The Morgan fingerprint density at radius 2 is 2.13 bits per heavy atom. The number of rotatable bonds is 8. The second-order valence-electron chi connectivity index (χ2n) is 6.32. The molecular formula is C18H19N3O9S. The number of furan rings is 1. The molecule has 0 spiro atoms. The van der Waals surface area contributed by atoms with E-state index in [-0.39, 0.29) is 28.5 Å². The van der Waals surface area contributed by atoms with E-state index in [0.29, 0.717) is 0 Å². The molecule has 0 bridgehead atoms. The average molecular weight is 453 g/mol. The number of hydrogen-bond donors (Lipinski definition) is 2. The maximum absolute atomic E-state index is 12.7. The molecule has 1 fully saturated rings. The van der Waals surface area contributed by atoms with Crippen LogP contribution in [0.3, 0.4) is 0 Å². The molecular weight excluding hydrogens is 434 g/mol. The van der Waals surface area contributed by atoms with Crippen molar-refractivity contribution in [3.05, 3.63) is 35.4 Å². The molecule has 2 aliphatic rings. The highest BCUT2D eigenvalue weighted by atomic mass is 32.2. The van der Waals surface area contributed by atoms with Crippen LogP contribution in [-0.4, -0.2) is 77.1 Å². The number of carboxylic acids is 1. The Hall–Kier alpha value is -3.32. The monoisotopic (exact) mass is 453 g/mol. The molecule has 13 heteroatoms. The van der Waals surface area contributed by atoms with Gasteiger partial charge in [0.25, 0.3) is 11.8 Å². The number of methoxy groups -OCH3 is 1. The van der Waals surface area contributed by atoms with Crippen molar-refractivity contribution in [3.63, 3.8) is 0 Å². The lowest BCUT2D eigenvalue weighted by Gasteiger charge is -2.49. The Morgan fingerprint density at radius 1 is 1.39 bits per heavy atom. The number of nitrogens with zero attached hydrogens (tertiary/aromatic N) is 2. The topological polar surface area (TPSA) is 157 Å². The lowest BCUT2D eigenvalue weighted by atomic mass is 10.0. The number of carbonyl (C=O) groups excluding carboxylic acids is 3. The smallest absolute Gasteiger partial charge is 0.352 e. The van der Waals surface area contributed by atoms with Crippen molar-refractivity contribution in [2.45, 2.75) is 24.6 Å². The number of thioether (sulfide) groups is 1. The zero-order chi connectivity index (χ0) is 22.7. The molecule has 3 atom stereocenters. The number of amides is 2. The predicted molar refractivity (Wildman–Crippen MR) is 105 cm³/mol. The normalized spacial score (nSPS) is 21.7. The number of carbonyl (C=O) groups is 4. The van der Waals surface area contributed by atoms with Gasteiger partial charge in [0.1, 0.15) is 24.2 Å². The lowest BCUT2D eigenvalue weighted by Crippen LogP contribution is -2.71. The molecule has 2 N–H and O–H groups in total. The molecule has 31 heavy (non-hydrogen) atoms. The number of ether oxygens (including phenoxy) is 2. The highest BCUT2D eigenvalue weighted by Crippen LogP contribution is 2.41. The van der Waals surface area contributed by atoms with E-state index in [9.17, 15) is 24.3 Å². The van der Waals surface area contributed by atoms with Crippen LogP contribution in [0, 0.1) is 0 Å². The van der Waals surface area contributed by atoms with E-state index in [1.165, 1.54) is 38.3 Å². The Labute approximate surface area is 180 Å². The summed E-state index contributed by atoms with van der Waals surface area (Å²) in [6, 6.07) is 2.06. The number of aliphatic carboxylic acids is 1. The van der Waals surface area contributed by atoms with Gasteiger partial charge < -0.3 is 29.2 Å². The molecule has 0 aliphatic carbocycles. The van der Waals surface area contributed by atoms with Gasteiger partial charge in [-0.2, -0.15) is 0 Å². The van der Waals surface area contributed by atoms with E-state index < -0.39 is 41.5 Å². The van der Waals surface area contributed by atoms with Crippen LogP contribution in [-0.2, 0) is 33.5 Å². The number of fused-ring (bicyclic) bond motifs is 1. The minimum absolute atomic E-state index is 0.103. The molecule has 2 amide bonds. The van der Waals surface area contributed by atoms with Crippen molar-refractivity contribution in [2.24, 2.45) is 5.16 Å². The molecule has 1 aromatic heterocycles. The van der Waals surface area contributed by atoms with E-state index in [1.54, 1.807) is 6.07 Å². The summed E-state index contributed by atoms with van der Waals surface area (Å²) in [5.74, 6) is -3.18. The second-order valence-corrected chi connectivity index (χ2v) is 7.42. The fourth-order valence-electron chi connectivity index (χ4n) is 3.15. The number of esters is 1. The van der Waals surface area contributed by atoms with Crippen LogP contribution in [0.15, 0.2) is 39.2 Å². The first-order valence-corrected chi connectivity index (χ1v) is 9.91. The molecule has 1 saturated heterocycles. The van der Waals surface area contributed by atoms with Crippen molar-refractivity contribution in [2.75, 3.05) is 20.0 Å². The summed E-state index contributed by atoms with van der Waals surface area (Å²) in [7, 11) is 2.51. The van der Waals surface area contributed by atoms with Gasteiger partial charge in [0.2, 0.25) is 12.0 Å². The van der Waals surface area contributed by atoms with E-state index >= 15 is 0 Å². The summed E-state index contributed by atoms with van der Waals surface area (Å²) >= 11 is 1.19. The standard InChI is InChI=1S/C18H19N3O9S/c1-8(22)30-18(27-2)9-7-31-16-12(15(24)21(16)13(9)17(25)26)19-14(23)11(20-28-3)10-5-4-6-29-10/h4-6,12,16,18H,7H2,1-3H3,(H,19,23)(H,25,26)/t12-,16-,18?/m1/s1. The first-order valence-electron chi connectivity index (χ1n) is 8.87. The Morgan fingerprint density at radius 3 is 2.68 bits per heavy atom. The Balaban J connectivity index is 1.82. The summed E-state index contributed by atoms with van der Waals surface area (Å²) in [4.78, 5) is 54.3. The van der Waals surface area contributed by atoms with Gasteiger partial charge in [-0.1, -0.05) is 5.16 Å². The molecule has 1 unspecified atom stereocenters. The third-order valence-corrected chi connectivity index (χ3v) is 5.71. The van der Waals surface area contributed by atoms with Crippen LogP contribution in [0.4, 0.5) is 0 Å². The molecule has 0 aromatic carbocycles. The maximum atomic E-state index is 12.7. The zero-order valence-electron chi connectivity index (χ0n) is 16.7. The first-order chi connectivity index (χ1) is 14.8. The lowest BCUT2D eigenvalue weighted by molar-refractivity contribution is -0.165. The SMILES string of the molecule is CON=C(C(=O)N[C@@H]1C(=O)N2C(C(=O)O)=C(C(OC)OC(C)=O)CS[C@H]12)c1ccco1. The molecule has 3 rings (SSSR count). The van der Waals surface area contributed by atoms with Gasteiger partial charge in [-0.15, -0.1) is 11.8 Å². The van der Waals surface area contributed by atoms with Gasteiger partial charge >= 0.3 is 11.9 Å². The van der Waals surface area contributed by atoms with Gasteiger partial charge in [0.15, 0.2) is 5.76 Å². The predicted octanol–water partition coefficient (Wildman–Crippen LogP) is -0.0957. The van der Waals surface area contributed by atoms with Crippen molar-refractivity contribution in [1.82, 2.24) is 10.2 Å². The number of nitrogens with one attached hydrogen (secondary N) is 1. The van der Waals surface area contributed by atoms with E-state index in [4.69, 9.17) is 13.9 Å². The fraction of sp³-hybridized carbons (Fsp3) is 0.389. The van der Waals surface area contributed by atoms with Crippen LogP contribution in [0.1, 0.15) is 12.7 Å². The van der Waals surface area contributed by atoms with Crippen molar-refractivity contribution in [1.29, 1.82) is 0 Å². The van der Waals surface area contributed by atoms with Crippen molar-refractivity contribution >= 4 is 41.2 Å². The molecule has 3 heterocycles. The highest BCUT2D eigenvalue weighted by Gasteiger charge is 2.55. The number of carboxylic acid groups (broad SMARTS) is 1. The maximum Gasteiger partial charge on any atom is 0.352 e. The fourth-order valence-corrected chi connectivity index (χ4v) is 4.51. The van der Waals surface area contributed by atoms with Crippen molar-refractivity contribution < 1.29 is 43.0 Å². The highest BCUT2D eigenvalue weighted by molar-refractivity contribution is 8.00. The molecule has 12 nitrogen and oxygen atoms in total. The van der Waals surface area contributed by atoms with E-state index in [1.807, 2.05) is 0 Å². The van der Waals surface area contributed by atoms with Gasteiger partial charge in [-0.3, -0.25) is 19.3 Å². The minimum Gasteiger partial charge on any atom is -0.477 e. The summed E-state index contributed by atoms with van der Waals surface area (Å²) in [6.45, 7) is 1.16. The summed E-state index contributed by atoms with van der Waals surface area (Å²) < 4.78 is 15.3. The van der Waals surface area contributed by atoms with Crippen LogP contribution in [0.25, 0.3) is 0 Å². The van der Waals surface area contributed by atoms with E-state index in [2.05, 4.69) is 15.3 Å². The average Bonchev–Trinajstić information content (AvgIpc) is 3.26. The quantitative estimate of drug-likeness (QED) is 0.179. The van der Waals surface area contributed by atoms with Crippen molar-refractivity contribution in [3.8, 4) is 0 Å². The van der Waals surface area contributed by atoms with Gasteiger partial charge in [0.05, 0.1) is 6.26 Å². The van der Waals surface area contributed by atoms with E-state index in [0.717, 1.165) is 11.8 Å². The number of oxime groups is 1. The summed E-state index contributed by atoms with van der Waals surface area (Å²) in [5, 5.41) is 15.2. The summed E-state index contributed by atoms with van der Waals surface area (Å²) in [5.41, 5.74) is -0.394. The number of β-lactam (4-membered cyclic amide) rings is 1. The van der Waals surface area contributed by atoms with Crippen LogP contribution in [0.2, 0.25) is 0 Å². The molecule has 0 saturated carbocycles. The third-order valence-electron chi connectivity index (χ3n) is 4.41. The third kappa shape index (κ3) is 4.27.